The van der Waals surface area contributed by atoms with Crippen LogP contribution in [0.4, 0.5) is 0 Å². The first-order valence-corrected chi connectivity index (χ1v) is 4.32. The van der Waals surface area contributed by atoms with Gasteiger partial charge >= 0.3 is 0 Å². The minimum atomic E-state index is 0.639. The Balaban J connectivity index is 2.15. The van der Waals surface area contributed by atoms with Gasteiger partial charge in [-0.15, -0.1) is 10.2 Å². The summed E-state index contributed by atoms with van der Waals surface area (Å²) in [5, 5.41) is 10.9. The Labute approximate surface area is 72.4 Å². The van der Waals surface area contributed by atoms with Crippen molar-refractivity contribution in [3.8, 4) is 0 Å². The van der Waals surface area contributed by atoms with Crippen molar-refractivity contribution >= 4 is 0 Å². The molecule has 0 amide bonds. The molecule has 0 aliphatic carbocycles. The van der Waals surface area contributed by atoms with Gasteiger partial charge in [0.25, 0.3) is 0 Å². The van der Waals surface area contributed by atoms with E-state index < -0.39 is 0 Å². The van der Waals surface area contributed by atoms with Gasteiger partial charge in [0.15, 0.2) is 0 Å². The smallest absolute Gasteiger partial charge is 0.217 e. The van der Waals surface area contributed by atoms with E-state index in [1.165, 1.54) is 0 Å². The Morgan fingerprint density at radius 2 is 2.17 bits per heavy atom. The molecule has 12 heavy (non-hydrogen) atoms. The van der Waals surface area contributed by atoms with Gasteiger partial charge in [-0.2, -0.15) is 0 Å². The molecule has 1 aromatic rings. The third-order valence-corrected chi connectivity index (χ3v) is 1.51. The van der Waals surface area contributed by atoms with Crippen molar-refractivity contribution in [3.05, 3.63) is 11.8 Å². The lowest BCUT2D eigenvalue weighted by atomic mass is 10.4. The van der Waals surface area contributed by atoms with Crippen LogP contribution in [0.1, 0.15) is 25.1 Å². The number of hydrogen-bond acceptors (Lipinski definition) is 4. The summed E-state index contributed by atoms with van der Waals surface area (Å²) < 4.78 is 5.20. The lowest BCUT2D eigenvalue weighted by Crippen LogP contribution is -2.17. The number of aryl methyl sites for hydroxylation is 1. The van der Waals surface area contributed by atoms with Crippen LogP contribution in [0.3, 0.4) is 0 Å². The van der Waals surface area contributed by atoms with E-state index in [-0.39, 0.29) is 0 Å². The summed E-state index contributed by atoms with van der Waals surface area (Å²) in [6.45, 7) is 5.91. The minimum Gasteiger partial charge on any atom is -0.426 e. The summed E-state index contributed by atoms with van der Waals surface area (Å²) in [5.41, 5.74) is 0. The second kappa shape index (κ2) is 4.87. The van der Waals surface area contributed by atoms with E-state index in [4.69, 9.17) is 4.42 Å². The molecule has 1 aromatic heterocycles. The largest absolute Gasteiger partial charge is 0.426 e. The average Bonchev–Trinajstić information content (AvgIpc) is 2.45. The number of hydrogen-bond donors (Lipinski definition) is 1. The first-order valence-electron chi connectivity index (χ1n) is 4.32. The maximum Gasteiger partial charge on any atom is 0.217 e. The van der Waals surface area contributed by atoms with Crippen molar-refractivity contribution in [1.29, 1.82) is 0 Å². The SMILES string of the molecule is CCCNCCc1nnc(C)o1. The van der Waals surface area contributed by atoms with Crippen LogP contribution in [-0.2, 0) is 6.42 Å². The lowest BCUT2D eigenvalue weighted by molar-refractivity contribution is 0.460. The molecule has 0 saturated carbocycles. The number of rotatable bonds is 5. The van der Waals surface area contributed by atoms with Gasteiger partial charge in [0.05, 0.1) is 0 Å². The van der Waals surface area contributed by atoms with Gasteiger partial charge in [0.1, 0.15) is 0 Å². The summed E-state index contributed by atoms with van der Waals surface area (Å²) in [6.07, 6.45) is 1.98. The molecule has 0 fully saturated rings. The standard InChI is InChI=1S/C8H15N3O/c1-3-5-9-6-4-8-11-10-7(2)12-8/h9H,3-6H2,1-2H3. The molecule has 0 aromatic carbocycles. The van der Waals surface area contributed by atoms with E-state index in [0.29, 0.717) is 5.89 Å². The summed E-state index contributed by atoms with van der Waals surface area (Å²) in [7, 11) is 0. The Kier molecular flexibility index (Phi) is 3.73. The highest BCUT2D eigenvalue weighted by atomic mass is 16.4. The van der Waals surface area contributed by atoms with Crippen LogP contribution in [0.25, 0.3) is 0 Å². The van der Waals surface area contributed by atoms with E-state index in [0.717, 1.165) is 31.8 Å². The van der Waals surface area contributed by atoms with E-state index in [1.807, 2.05) is 0 Å². The summed E-state index contributed by atoms with van der Waals surface area (Å²) in [4.78, 5) is 0. The molecule has 0 spiro atoms. The van der Waals surface area contributed by atoms with E-state index >= 15 is 0 Å². The van der Waals surface area contributed by atoms with Crippen molar-refractivity contribution in [1.82, 2.24) is 15.5 Å². The Morgan fingerprint density at radius 3 is 2.75 bits per heavy atom. The van der Waals surface area contributed by atoms with Gasteiger partial charge in [-0.1, -0.05) is 6.92 Å². The van der Waals surface area contributed by atoms with Gasteiger partial charge in [-0.05, 0) is 13.0 Å². The van der Waals surface area contributed by atoms with Gasteiger partial charge in [-0.3, -0.25) is 0 Å². The number of aromatic nitrogens is 2. The van der Waals surface area contributed by atoms with Crippen molar-refractivity contribution < 1.29 is 4.42 Å². The molecule has 0 saturated heterocycles. The van der Waals surface area contributed by atoms with Gasteiger partial charge in [0, 0.05) is 19.9 Å². The maximum atomic E-state index is 5.20. The zero-order valence-corrected chi connectivity index (χ0v) is 7.63. The predicted octanol–water partition coefficient (Wildman–Crippen LogP) is 0.920. The molecule has 0 aliphatic heterocycles. The van der Waals surface area contributed by atoms with Crippen molar-refractivity contribution in [2.75, 3.05) is 13.1 Å². The predicted molar refractivity (Wildman–Crippen MR) is 45.9 cm³/mol. The van der Waals surface area contributed by atoms with Gasteiger partial charge < -0.3 is 9.73 Å². The summed E-state index contributed by atoms with van der Waals surface area (Å²) in [6, 6.07) is 0. The summed E-state index contributed by atoms with van der Waals surface area (Å²) in [5.74, 6) is 1.36. The Bertz CT molecular complexity index is 222. The molecular weight excluding hydrogens is 154 g/mol. The second-order valence-electron chi connectivity index (χ2n) is 2.71. The molecule has 0 aliphatic rings. The highest BCUT2D eigenvalue weighted by molar-refractivity contribution is 4.79. The monoisotopic (exact) mass is 169 g/mol. The highest BCUT2D eigenvalue weighted by Crippen LogP contribution is 1.97. The fourth-order valence-electron chi connectivity index (χ4n) is 0.936. The molecule has 1 heterocycles. The fraction of sp³-hybridized carbons (Fsp3) is 0.750. The molecule has 0 atom stereocenters. The maximum absolute atomic E-state index is 5.20. The normalized spacial score (nSPS) is 10.5. The molecule has 68 valence electrons. The van der Waals surface area contributed by atoms with Crippen LogP contribution in [0.5, 0.6) is 0 Å². The third kappa shape index (κ3) is 3.00. The topological polar surface area (TPSA) is 51.0 Å². The average molecular weight is 169 g/mol. The Hall–Kier alpha value is -0.900. The van der Waals surface area contributed by atoms with Crippen molar-refractivity contribution in [2.45, 2.75) is 26.7 Å². The van der Waals surface area contributed by atoms with Crippen LogP contribution >= 0.6 is 0 Å². The van der Waals surface area contributed by atoms with E-state index in [1.54, 1.807) is 6.92 Å². The molecule has 1 N–H and O–H groups in total. The zero-order chi connectivity index (χ0) is 8.81. The lowest BCUT2D eigenvalue weighted by Gasteiger charge is -1.97. The molecule has 1 rings (SSSR count). The zero-order valence-electron chi connectivity index (χ0n) is 7.63. The molecule has 0 bridgehead atoms. The van der Waals surface area contributed by atoms with Crippen LogP contribution in [0, 0.1) is 6.92 Å². The molecule has 4 nitrogen and oxygen atoms in total. The fourth-order valence-corrected chi connectivity index (χ4v) is 0.936. The van der Waals surface area contributed by atoms with Crippen molar-refractivity contribution in [2.24, 2.45) is 0 Å². The quantitative estimate of drug-likeness (QED) is 0.666. The molecular formula is C8H15N3O. The van der Waals surface area contributed by atoms with Crippen LogP contribution in [-0.4, -0.2) is 23.3 Å². The number of nitrogens with one attached hydrogen (secondary N) is 1. The van der Waals surface area contributed by atoms with E-state index in [2.05, 4.69) is 22.4 Å². The van der Waals surface area contributed by atoms with Gasteiger partial charge in [0.2, 0.25) is 11.8 Å². The van der Waals surface area contributed by atoms with Crippen molar-refractivity contribution in [3.63, 3.8) is 0 Å². The van der Waals surface area contributed by atoms with Crippen LogP contribution in [0.15, 0.2) is 4.42 Å². The molecule has 0 radical (unpaired) electrons. The van der Waals surface area contributed by atoms with Crippen LogP contribution < -0.4 is 5.32 Å². The van der Waals surface area contributed by atoms with Gasteiger partial charge in [-0.25, -0.2) is 0 Å². The van der Waals surface area contributed by atoms with Crippen LogP contribution in [0.2, 0.25) is 0 Å². The molecule has 0 unspecified atom stereocenters. The third-order valence-electron chi connectivity index (χ3n) is 1.51. The number of nitrogens with zero attached hydrogens (tertiary/aromatic N) is 2. The van der Waals surface area contributed by atoms with E-state index in [9.17, 15) is 0 Å². The highest BCUT2D eigenvalue weighted by Gasteiger charge is 1.99. The summed E-state index contributed by atoms with van der Waals surface area (Å²) >= 11 is 0. The second-order valence-corrected chi connectivity index (χ2v) is 2.71. The first-order chi connectivity index (χ1) is 5.83. The first kappa shape index (κ1) is 9.19. The Morgan fingerprint density at radius 1 is 1.33 bits per heavy atom. The minimum absolute atomic E-state index is 0.639. The molecule has 4 heteroatoms.